The fourth-order valence-corrected chi connectivity index (χ4v) is 2.42. The van der Waals surface area contributed by atoms with Crippen LogP contribution in [0, 0.1) is 0 Å². The molecule has 0 amide bonds. The molecule has 0 bridgehead atoms. The highest BCUT2D eigenvalue weighted by atomic mass is 16.5. The summed E-state index contributed by atoms with van der Waals surface area (Å²) in [5.41, 5.74) is 1.37. The summed E-state index contributed by atoms with van der Waals surface area (Å²) in [6.45, 7) is 5.46. The zero-order valence-electron chi connectivity index (χ0n) is 12.7. The Bertz CT molecular complexity index is 321. The van der Waals surface area contributed by atoms with Crippen molar-refractivity contribution in [1.29, 1.82) is 0 Å². The first-order chi connectivity index (χ1) is 9.31. The summed E-state index contributed by atoms with van der Waals surface area (Å²) in [5, 5.41) is 3.59. The first-order valence-corrected chi connectivity index (χ1v) is 7.69. The molecule has 108 valence electrons. The Morgan fingerprint density at radius 2 is 1.68 bits per heavy atom. The fraction of sp³-hybridized carbons (Fsp3) is 0.647. The Morgan fingerprint density at radius 3 is 2.26 bits per heavy atom. The minimum atomic E-state index is 0.484. The van der Waals surface area contributed by atoms with Gasteiger partial charge in [0.05, 0.1) is 7.11 Å². The third-order valence-corrected chi connectivity index (χ3v) is 3.57. The minimum absolute atomic E-state index is 0.484. The standard InChI is InChI=1S/C17H29NO/c1-4-6-7-8-9-10-17(18-5-2)15-11-13-16(19-3)14-12-15/h11-14,17-18H,4-10H2,1-3H3. The van der Waals surface area contributed by atoms with Gasteiger partial charge < -0.3 is 10.1 Å². The van der Waals surface area contributed by atoms with Gasteiger partial charge in [-0.1, -0.05) is 58.1 Å². The van der Waals surface area contributed by atoms with Crippen LogP contribution in [0.2, 0.25) is 0 Å². The summed E-state index contributed by atoms with van der Waals surface area (Å²) >= 11 is 0. The highest BCUT2D eigenvalue weighted by Crippen LogP contribution is 2.22. The molecular weight excluding hydrogens is 234 g/mol. The van der Waals surface area contributed by atoms with Crippen LogP contribution in [0.5, 0.6) is 5.75 Å². The molecule has 1 atom stereocenters. The normalized spacial score (nSPS) is 12.4. The zero-order valence-corrected chi connectivity index (χ0v) is 12.7. The van der Waals surface area contributed by atoms with Crippen molar-refractivity contribution in [3.63, 3.8) is 0 Å². The summed E-state index contributed by atoms with van der Waals surface area (Å²) < 4.78 is 5.21. The predicted molar refractivity (Wildman–Crippen MR) is 82.8 cm³/mol. The van der Waals surface area contributed by atoms with E-state index in [0.29, 0.717) is 6.04 Å². The van der Waals surface area contributed by atoms with Crippen LogP contribution in [0.1, 0.15) is 64.0 Å². The van der Waals surface area contributed by atoms with Crippen LogP contribution in [-0.2, 0) is 0 Å². The fourth-order valence-electron chi connectivity index (χ4n) is 2.42. The third-order valence-electron chi connectivity index (χ3n) is 3.57. The summed E-state index contributed by atoms with van der Waals surface area (Å²) in [7, 11) is 1.71. The van der Waals surface area contributed by atoms with E-state index in [1.165, 1.54) is 44.1 Å². The lowest BCUT2D eigenvalue weighted by atomic mass is 9.99. The molecular formula is C17H29NO. The second-order valence-corrected chi connectivity index (χ2v) is 5.09. The van der Waals surface area contributed by atoms with Gasteiger partial charge in [-0.05, 0) is 30.7 Å². The molecule has 2 heteroatoms. The Morgan fingerprint density at radius 1 is 1.00 bits per heavy atom. The van der Waals surface area contributed by atoms with Crippen LogP contribution >= 0.6 is 0 Å². The molecule has 0 radical (unpaired) electrons. The average molecular weight is 263 g/mol. The van der Waals surface area contributed by atoms with Gasteiger partial charge in [0.25, 0.3) is 0 Å². The maximum Gasteiger partial charge on any atom is 0.118 e. The van der Waals surface area contributed by atoms with E-state index in [2.05, 4.69) is 43.4 Å². The number of hydrogen-bond acceptors (Lipinski definition) is 2. The van der Waals surface area contributed by atoms with Crippen LogP contribution in [0.15, 0.2) is 24.3 Å². The Balaban J connectivity index is 2.45. The van der Waals surface area contributed by atoms with Crippen LogP contribution in [0.3, 0.4) is 0 Å². The summed E-state index contributed by atoms with van der Waals surface area (Å²) in [6, 6.07) is 8.95. The molecule has 0 heterocycles. The molecule has 0 aromatic heterocycles. The van der Waals surface area contributed by atoms with Crippen molar-refractivity contribution in [2.45, 2.75) is 58.4 Å². The summed E-state index contributed by atoms with van der Waals surface area (Å²) in [5.74, 6) is 0.932. The van der Waals surface area contributed by atoms with E-state index in [1.54, 1.807) is 7.11 Å². The molecule has 0 aliphatic carbocycles. The van der Waals surface area contributed by atoms with Crippen LogP contribution < -0.4 is 10.1 Å². The van der Waals surface area contributed by atoms with E-state index in [-0.39, 0.29) is 0 Å². The molecule has 0 saturated carbocycles. The van der Waals surface area contributed by atoms with Crippen molar-refractivity contribution in [3.8, 4) is 5.75 Å². The number of nitrogens with one attached hydrogen (secondary N) is 1. The molecule has 0 saturated heterocycles. The minimum Gasteiger partial charge on any atom is -0.497 e. The number of hydrogen-bond donors (Lipinski definition) is 1. The second kappa shape index (κ2) is 9.85. The van der Waals surface area contributed by atoms with Gasteiger partial charge in [-0.15, -0.1) is 0 Å². The van der Waals surface area contributed by atoms with E-state index >= 15 is 0 Å². The van der Waals surface area contributed by atoms with Crippen molar-refractivity contribution in [1.82, 2.24) is 5.32 Å². The first-order valence-electron chi connectivity index (χ1n) is 7.69. The number of rotatable bonds is 10. The van der Waals surface area contributed by atoms with Crippen molar-refractivity contribution in [2.75, 3.05) is 13.7 Å². The lowest BCUT2D eigenvalue weighted by molar-refractivity contribution is 0.414. The highest BCUT2D eigenvalue weighted by molar-refractivity contribution is 5.29. The third kappa shape index (κ3) is 6.11. The van der Waals surface area contributed by atoms with Crippen LogP contribution in [0.4, 0.5) is 0 Å². The molecule has 0 aliphatic heterocycles. The second-order valence-electron chi connectivity index (χ2n) is 5.09. The molecule has 19 heavy (non-hydrogen) atoms. The first kappa shape index (κ1) is 16.0. The monoisotopic (exact) mass is 263 g/mol. The zero-order chi connectivity index (χ0) is 13.9. The number of unbranched alkanes of at least 4 members (excludes halogenated alkanes) is 4. The lowest BCUT2D eigenvalue weighted by Crippen LogP contribution is -2.20. The van der Waals surface area contributed by atoms with Gasteiger partial charge in [0.2, 0.25) is 0 Å². The molecule has 0 fully saturated rings. The molecule has 0 spiro atoms. The van der Waals surface area contributed by atoms with E-state index < -0.39 is 0 Å². The van der Waals surface area contributed by atoms with E-state index in [1.807, 2.05) is 0 Å². The van der Waals surface area contributed by atoms with Crippen LogP contribution in [0.25, 0.3) is 0 Å². The van der Waals surface area contributed by atoms with Gasteiger partial charge in [0.15, 0.2) is 0 Å². The lowest BCUT2D eigenvalue weighted by Gasteiger charge is -2.18. The Labute approximate surface area is 118 Å². The molecule has 1 aromatic rings. The van der Waals surface area contributed by atoms with Gasteiger partial charge >= 0.3 is 0 Å². The van der Waals surface area contributed by atoms with Gasteiger partial charge in [-0.2, -0.15) is 0 Å². The van der Waals surface area contributed by atoms with Crippen molar-refractivity contribution in [3.05, 3.63) is 29.8 Å². The number of ether oxygens (including phenoxy) is 1. The Kier molecular flexibility index (Phi) is 8.31. The molecule has 1 N–H and O–H groups in total. The molecule has 1 rings (SSSR count). The summed E-state index contributed by atoms with van der Waals surface area (Å²) in [6.07, 6.45) is 7.95. The SMILES string of the molecule is CCCCCCCC(NCC)c1ccc(OC)cc1. The maximum atomic E-state index is 5.21. The van der Waals surface area contributed by atoms with Gasteiger partial charge in [-0.3, -0.25) is 0 Å². The highest BCUT2D eigenvalue weighted by Gasteiger charge is 2.09. The molecule has 1 unspecified atom stereocenters. The number of benzene rings is 1. The van der Waals surface area contributed by atoms with Gasteiger partial charge in [0.1, 0.15) is 5.75 Å². The summed E-state index contributed by atoms with van der Waals surface area (Å²) in [4.78, 5) is 0. The topological polar surface area (TPSA) is 21.3 Å². The quantitative estimate of drug-likeness (QED) is 0.617. The molecule has 2 nitrogen and oxygen atoms in total. The molecule has 0 aliphatic rings. The predicted octanol–water partition coefficient (Wildman–Crippen LogP) is 4.71. The van der Waals surface area contributed by atoms with Crippen molar-refractivity contribution >= 4 is 0 Å². The maximum absolute atomic E-state index is 5.21. The van der Waals surface area contributed by atoms with Crippen molar-refractivity contribution < 1.29 is 4.74 Å². The largest absolute Gasteiger partial charge is 0.497 e. The smallest absolute Gasteiger partial charge is 0.118 e. The van der Waals surface area contributed by atoms with Crippen LogP contribution in [-0.4, -0.2) is 13.7 Å². The van der Waals surface area contributed by atoms with E-state index in [9.17, 15) is 0 Å². The van der Waals surface area contributed by atoms with E-state index in [0.717, 1.165) is 12.3 Å². The van der Waals surface area contributed by atoms with Gasteiger partial charge in [-0.25, -0.2) is 0 Å². The molecule has 1 aromatic carbocycles. The van der Waals surface area contributed by atoms with E-state index in [4.69, 9.17) is 4.74 Å². The Hall–Kier alpha value is -1.02. The van der Waals surface area contributed by atoms with Crippen molar-refractivity contribution in [2.24, 2.45) is 0 Å². The van der Waals surface area contributed by atoms with Gasteiger partial charge in [0, 0.05) is 6.04 Å². The average Bonchev–Trinajstić information content (AvgIpc) is 2.46. The number of methoxy groups -OCH3 is 1.